The molecule has 0 saturated carbocycles. The second-order valence-corrected chi connectivity index (χ2v) is 9.61. The van der Waals surface area contributed by atoms with Crippen molar-refractivity contribution >= 4 is 21.6 Å². The zero-order valence-corrected chi connectivity index (χ0v) is 18.8. The quantitative estimate of drug-likeness (QED) is 0.761. The monoisotopic (exact) mass is 431 g/mol. The summed E-state index contributed by atoms with van der Waals surface area (Å²) in [6.07, 6.45) is 0. The third kappa shape index (κ3) is 5.00. The van der Waals surface area contributed by atoms with Gasteiger partial charge in [0.2, 0.25) is 15.9 Å². The van der Waals surface area contributed by atoms with Crippen LogP contribution in [0.3, 0.4) is 0 Å². The van der Waals surface area contributed by atoms with E-state index in [0.29, 0.717) is 42.5 Å². The highest BCUT2D eigenvalue weighted by molar-refractivity contribution is 7.89. The first-order chi connectivity index (χ1) is 14.2. The first kappa shape index (κ1) is 22.3. The van der Waals surface area contributed by atoms with Crippen LogP contribution in [0.15, 0.2) is 41.3 Å². The predicted molar refractivity (Wildman–Crippen MR) is 117 cm³/mol. The van der Waals surface area contributed by atoms with Gasteiger partial charge in [0.25, 0.3) is 0 Å². The molecule has 8 heteroatoms. The molecule has 1 heterocycles. The van der Waals surface area contributed by atoms with E-state index in [1.165, 1.54) is 4.31 Å². The summed E-state index contributed by atoms with van der Waals surface area (Å²) in [5.74, 6) is 0.461. The Bertz CT molecular complexity index is 1030. The maximum atomic E-state index is 13.0. The zero-order chi connectivity index (χ0) is 21.9. The number of hydrogen-bond acceptors (Lipinski definition) is 5. The van der Waals surface area contributed by atoms with Gasteiger partial charge < -0.3 is 10.1 Å². The minimum atomic E-state index is -3.54. The number of nitrogens with zero attached hydrogens (tertiary/aromatic N) is 2. The average molecular weight is 432 g/mol. The molecule has 1 N–H and O–H groups in total. The molecule has 162 valence electrons. The lowest BCUT2D eigenvalue weighted by Gasteiger charge is -2.33. The van der Waals surface area contributed by atoms with Gasteiger partial charge in [0, 0.05) is 26.2 Å². The summed E-state index contributed by atoms with van der Waals surface area (Å²) < 4.78 is 32.9. The van der Waals surface area contributed by atoms with Gasteiger partial charge in [-0.2, -0.15) is 4.31 Å². The van der Waals surface area contributed by atoms with Gasteiger partial charge in [0.1, 0.15) is 5.75 Å². The van der Waals surface area contributed by atoms with Crippen molar-refractivity contribution < 1.29 is 17.9 Å². The fraction of sp³-hybridized carbons (Fsp3) is 0.409. The molecular weight excluding hydrogens is 402 g/mol. The third-order valence-electron chi connectivity index (χ3n) is 5.29. The molecule has 0 aromatic heterocycles. The number of methoxy groups -OCH3 is 1. The minimum Gasteiger partial charge on any atom is -0.495 e. The predicted octanol–water partition coefficient (Wildman–Crippen LogP) is 2.57. The van der Waals surface area contributed by atoms with Crippen molar-refractivity contribution in [1.29, 1.82) is 0 Å². The normalized spacial score (nSPS) is 15.7. The largest absolute Gasteiger partial charge is 0.495 e. The van der Waals surface area contributed by atoms with E-state index in [4.69, 9.17) is 4.74 Å². The number of rotatable bonds is 6. The van der Waals surface area contributed by atoms with Crippen molar-refractivity contribution in [3.05, 3.63) is 53.1 Å². The van der Waals surface area contributed by atoms with Crippen LogP contribution < -0.4 is 10.1 Å². The fourth-order valence-corrected chi connectivity index (χ4v) is 5.30. The van der Waals surface area contributed by atoms with E-state index < -0.39 is 10.0 Å². The number of hydrogen-bond donors (Lipinski definition) is 1. The summed E-state index contributed by atoms with van der Waals surface area (Å²) in [4.78, 5) is 14.8. The van der Waals surface area contributed by atoms with Crippen LogP contribution in [0.1, 0.15) is 16.7 Å². The lowest BCUT2D eigenvalue weighted by atomic mass is 10.2. The van der Waals surface area contributed by atoms with Gasteiger partial charge in [0.05, 0.1) is 24.2 Å². The summed E-state index contributed by atoms with van der Waals surface area (Å²) in [5, 5.41) is 2.89. The molecule has 0 atom stereocenters. The Labute approximate surface area is 178 Å². The van der Waals surface area contributed by atoms with Crippen LogP contribution in [0.2, 0.25) is 0 Å². The van der Waals surface area contributed by atoms with Crippen molar-refractivity contribution in [2.45, 2.75) is 25.7 Å². The van der Waals surface area contributed by atoms with Gasteiger partial charge in [-0.3, -0.25) is 9.69 Å². The first-order valence-electron chi connectivity index (χ1n) is 9.95. The number of carbonyl (C=O) groups is 1. The summed E-state index contributed by atoms with van der Waals surface area (Å²) in [7, 11) is -1.97. The molecule has 1 aliphatic heterocycles. The third-order valence-corrected chi connectivity index (χ3v) is 7.33. The summed E-state index contributed by atoms with van der Waals surface area (Å²) in [6.45, 7) is 7.57. The van der Waals surface area contributed by atoms with Crippen LogP contribution >= 0.6 is 0 Å². The van der Waals surface area contributed by atoms with E-state index in [0.717, 1.165) is 16.7 Å². The van der Waals surface area contributed by atoms with Crippen molar-refractivity contribution in [1.82, 2.24) is 9.21 Å². The van der Waals surface area contributed by atoms with Crippen molar-refractivity contribution in [2.75, 3.05) is 45.2 Å². The van der Waals surface area contributed by atoms with Gasteiger partial charge in [-0.05, 0) is 55.7 Å². The topological polar surface area (TPSA) is 79.0 Å². The van der Waals surface area contributed by atoms with Crippen molar-refractivity contribution in [2.24, 2.45) is 0 Å². The number of aryl methyl sites for hydroxylation is 3. The van der Waals surface area contributed by atoms with E-state index in [1.54, 1.807) is 13.2 Å². The molecule has 2 aromatic carbocycles. The smallest absolute Gasteiger partial charge is 0.243 e. The molecule has 2 aromatic rings. The highest BCUT2D eigenvalue weighted by Gasteiger charge is 2.30. The van der Waals surface area contributed by atoms with Gasteiger partial charge in [-0.15, -0.1) is 0 Å². The lowest BCUT2D eigenvalue weighted by Crippen LogP contribution is -2.50. The molecule has 0 unspecified atom stereocenters. The minimum absolute atomic E-state index is 0.148. The van der Waals surface area contributed by atoms with E-state index >= 15 is 0 Å². The second kappa shape index (κ2) is 9.16. The molecule has 0 spiro atoms. The molecular formula is C22H29N3O4S. The molecule has 30 heavy (non-hydrogen) atoms. The molecule has 7 nitrogen and oxygen atoms in total. The number of nitrogens with one attached hydrogen (secondary N) is 1. The summed E-state index contributed by atoms with van der Waals surface area (Å²) in [5.41, 5.74) is 3.32. The van der Waals surface area contributed by atoms with Gasteiger partial charge >= 0.3 is 0 Å². The number of piperazine rings is 1. The van der Waals surface area contributed by atoms with Crippen LogP contribution in [-0.4, -0.2) is 63.4 Å². The number of amides is 1. The summed E-state index contributed by atoms with van der Waals surface area (Å²) in [6, 6.07) is 11.1. The zero-order valence-electron chi connectivity index (χ0n) is 17.9. The molecule has 1 saturated heterocycles. The number of sulfonamides is 1. The van der Waals surface area contributed by atoms with Crippen molar-refractivity contribution in [3.63, 3.8) is 0 Å². The summed E-state index contributed by atoms with van der Waals surface area (Å²) >= 11 is 0. The molecule has 1 aliphatic rings. The molecule has 1 amide bonds. The van der Waals surface area contributed by atoms with E-state index in [2.05, 4.69) is 5.32 Å². The Balaban J connectivity index is 1.60. The molecule has 0 radical (unpaired) electrons. The maximum absolute atomic E-state index is 13.0. The van der Waals surface area contributed by atoms with Gasteiger partial charge in [-0.25, -0.2) is 8.42 Å². The van der Waals surface area contributed by atoms with Crippen LogP contribution in [0.4, 0.5) is 5.69 Å². The maximum Gasteiger partial charge on any atom is 0.243 e. The van der Waals surface area contributed by atoms with E-state index in [9.17, 15) is 13.2 Å². The van der Waals surface area contributed by atoms with Crippen LogP contribution in [0.25, 0.3) is 0 Å². The number of anilines is 1. The average Bonchev–Trinajstić information content (AvgIpc) is 2.70. The molecule has 1 fully saturated rings. The first-order valence-corrected chi connectivity index (χ1v) is 11.4. The second-order valence-electron chi connectivity index (χ2n) is 7.70. The fourth-order valence-electron chi connectivity index (χ4n) is 3.56. The standard InChI is InChI=1S/C22H29N3O4S/c1-16-6-8-20(29-4)19(13-16)23-22(26)15-24-9-11-25(12-10-24)30(27,28)21-14-17(2)5-7-18(21)3/h5-8,13-14H,9-12,15H2,1-4H3,(H,23,26). The number of benzene rings is 2. The molecule has 0 aliphatic carbocycles. The molecule has 0 bridgehead atoms. The Morgan fingerprint density at radius 3 is 2.30 bits per heavy atom. The van der Waals surface area contributed by atoms with Crippen LogP contribution in [0, 0.1) is 20.8 Å². The van der Waals surface area contributed by atoms with E-state index in [-0.39, 0.29) is 12.5 Å². The van der Waals surface area contributed by atoms with Crippen LogP contribution in [-0.2, 0) is 14.8 Å². The Morgan fingerprint density at radius 1 is 1.00 bits per heavy atom. The Kier molecular flexibility index (Phi) is 6.80. The molecule has 3 rings (SSSR count). The highest BCUT2D eigenvalue weighted by atomic mass is 32.2. The Morgan fingerprint density at radius 2 is 1.63 bits per heavy atom. The Hall–Kier alpha value is -2.42. The lowest BCUT2D eigenvalue weighted by molar-refractivity contribution is -0.117. The highest BCUT2D eigenvalue weighted by Crippen LogP contribution is 2.25. The number of ether oxygens (including phenoxy) is 1. The van der Waals surface area contributed by atoms with Crippen molar-refractivity contribution in [3.8, 4) is 5.75 Å². The van der Waals surface area contributed by atoms with E-state index in [1.807, 2.05) is 56.0 Å². The van der Waals surface area contributed by atoms with Gasteiger partial charge in [-0.1, -0.05) is 18.2 Å². The number of carbonyl (C=O) groups excluding carboxylic acids is 1. The SMILES string of the molecule is COc1ccc(C)cc1NC(=O)CN1CCN(S(=O)(=O)c2cc(C)ccc2C)CC1. The van der Waals surface area contributed by atoms with Gasteiger partial charge in [0.15, 0.2) is 0 Å². The van der Waals surface area contributed by atoms with Crippen LogP contribution in [0.5, 0.6) is 5.75 Å².